The van der Waals surface area contributed by atoms with Gasteiger partial charge < -0.3 is 44.1 Å². The third-order valence-corrected chi connectivity index (χ3v) is 6.89. The van der Waals surface area contributed by atoms with Crippen molar-refractivity contribution in [2.75, 3.05) is 47.3 Å². The first-order chi connectivity index (χ1) is 14.9. The van der Waals surface area contributed by atoms with Crippen LogP contribution in [0.25, 0.3) is 0 Å². The number of aliphatic hydroxyl groups is 4. The highest BCUT2D eigenvalue weighted by molar-refractivity contribution is 4.95. The Bertz CT molecular complexity index is 505. The molecular weight excluding hydrogens is 408 g/mol. The molecule has 2 aliphatic heterocycles. The van der Waals surface area contributed by atoms with E-state index in [1.165, 1.54) is 7.11 Å². The van der Waals surface area contributed by atoms with E-state index in [9.17, 15) is 20.4 Å². The third-order valence-electron chi connectivity index (χ3n) is 6.89. The van der Waals surface area contributed by atoms with Crippen molar-refractivity contribution in [3.05, 3.63) is 0 Å². The maximum atomic E-state index is 10.2. The van der Waals surface area contributed by atoms with Gasteiger partial charge >= 0.3 is 0 Å². The molecule has 0 spiro atoms. The molecule has 2 saturated heterocycles. The highest BCUT2D eigenvalue weighted by Gasteiger charge is 2.51. The molecule has 2 fully saturated rings. The van der Waals surface area contributed by atoms with Crippen molar-refractivity contribution < 1.29 is 44.1 Å². The van der Waals surface area contributed by atoms with Crippen LogP contribution in [0.15, 0.2) is 0 Å². The van der Waals surface area contributed by atoms with E-state index in [4.69, 9.17) is 23.7 Å². The van der Waals surface area contributed by atoms with Crippen molar-refractivity contribution in [1.82, 2.24) is 0 Å². The molecule has 0 aromatic carbocycles. The molecule has 2 rings (SSSR count). The molecule has 9 heteroatoms. The van der Waals surface area contributed by atoms with Gasteiger partial charge in [-0.05, 0) is 12.3 Å². The maximum absolute atomic E-state index is 10.2. The van der Waals surface area contributed by atoms with E-state index in [0.717, 1.165) is 0 Å². The zero-order chi connectivity index (χ0) is 23.1. The van der Waals surface area contributed by atoms with Crippen molar-refractivity contribution in [2.45, 2.75) is 64.0 Å². The van der Waals surface area contributed by atoms with Crippen molar-refractivity contribution in [3.8, 4) is 0 Å². The molecule has 0 radical (unpaired) electrons. The van der Waals surface area contributed by atoms with Gasteiger partial charge in [0.05, 0.1) is 37.6 Å². The van der Waals surface area contributed by atoms with Gasteiger partial charge in [0, 0.05) is 57.7 Å². The van der Waals surface area contributed by atoms with E-state index in [0.29, 0.717) is 6.42 Å². The molecule has 184 valence electrons. The molecular formula is C22H42O9. The number of methoxy groups -OCH3 is 2. The summed E-state index contributed by atoms with van der Waals surface area (Å²) in [7, 11) is 3.09. The van der Waals surface area contributed by atoms with E-state index in [2.05, 4.69) is 0 Å². The molecule has 0 bridgehead atoms. The van der Waals surface area contributed by atoms with Gasteiger partial charge in [0.15, 0.2) is 6.29 Å². The Kier molecular flexibility index (Phi) is 11.1. The van der Waals surface area contributed by atoms with Crippen molar-refractivity contribution in [2.24, 2.45) is 29.6 Å². The van der Waals surface area contributed by atoms with E-state index in [-0.39, 0.29) is 63.0 Å². The summed E-state index contributed by atoms with van der Waals surface area (Å²) in [5.74, 6) is -1.42. The molecule has 9 nitrogen and oxygen atoms in total. The van der Waals surface area contributed by atoms with Crippen molar-refractivity contribution >= 4 is 0 Å². The van der Waals surface area contributed by atoms with Crippen LogP contribution in [0.3, 0.4) is 0 Å². The summed E-state index contributed by atoms with van der Waals surface area (Å²) in [6.07, 6.45) is -2.18. The van der Waals surface area contributed by atoms with Crippen LogP contribution in [0, 0.1) is 29.6 Å². The molecule has 0 saturated carbocycles. The zero-order valence-corrected chi connectivity index (χ0v) is 19.4. The first-order valence-corrected chi connectivity index (χ1v) is 11.3. The second-order valence-electron chi connectivity index (χ2n) is 8.98. The van der Waals surface area contributed by atoms with E-state index in [1.807, 2.05) is 20.8 Å². The minimum Gasteiger partial charge on any atom is -0.396 e. The average molecular weight is 451 g/mol. The smallest absolute Gasteiger partial charge is 0.164 e. The second kappa shape index (κ2) is 12.8. The predicted molar refractivity (Wildman–Crippen MR) is 112 cm³/mol. The van der Waals surface area contributed by atoms with Crippen LogP contribution < -0.4 is 0 Å². The number of hydrogen-bond donors (Lipinski definition) is 4. The van der Waals surface area contributed by atoms with Crippen LogP contribution in [0.4, 0.5) is 0 Å². The minimum absolute atomic E-state index is 0.128. The minimum atomic E-state index is -0.847. The normalized spacial score (nSPS) is 41.6. The summed E-state index contributed by atoms with van der Waals surface area (Å²) in [4.78, 5) is 0. The lowest BCUT2D eigenvalue weighted by atomic mass is 9.75. The van der Waals surface area contributed by atoms with Crippen LogP contribution in [-0.2, 0) is 23.7 Å². The summed E-state index contributed by atoms with van der Waals surface area (Å²) >= 11 is 0. The van der Waals surface area contributed by atoms with Gasteiger partial charge in [0.2, 0.25) is 0 Å². The molecule has 2 aliphatic rings. The van der Waals surface area contributed by atoms with E-state index >= 15 is 0 Å². The molecule has 4 N–H and O–H groups in total. The molecule has 2 heterocycles. The first-order valence-electron chi connectivity index (χ1n) is 11.3. The van der Waals surface area contributed by atoms with Gasteiger partial charge in [-0.3, -0.25) is 0 Å². The quantitative estimate of drug-likeness (QED) is 0.345. The topological polar surface area (TPSA) is 127 Å². The lowest BCUT2D eigenvalue weighted by Crippen LogP contribution is -2.61. The monoisotopic (exact) mass is 450 g/mol. The third kappa shape index (κ3) is 5.77. The number of ether oxygens (including phenoxy) is 5. The van der Waals surface area contributed by atoms with Crippen molar-refractivity contribution in [3.63, 3.8) is 0 Å². The fourth-order valence-corrected chi connectivity index (χ4v) is 5.24. The predicted octanol–water partition coefficient (Wildman–Crippen LogP) is 0.0253. The molecule has 0 aliphatic carbocycles. The summed E-state index contributed by atoms with van der Waals surface area (Å²) in [6.45, 7) is 5.54. The molecule has 0 aromatic rings. The van der Waals surface area contributed by atoms with Gasteiger partial charge in [-0.25, -0.2) is 0 Å². The van der Waals surface area contributed by atoms with Gasteiger partial charge in [-0.1, -0.05) is 20.8 Å². The second-order valence-corrected chi connectivity index (χ2v) is 8.98. The summed E-state index contributed by atoms with van der Waals surface area (Å²) in [5.41, 5.74) is 0. The van der Waals surface area contributed by atoms with Gasteiger partial charge in [0.25, 0.3) is 0 Å². The summed E-state index contributed by atoms with van der Waals surface area (Å²) in [6, 6.07) is 0. The van der Waals surface area contributed by atoms with Gasteiger partial charge in [-0.15, -0.1) is 0 Å². The van der Waals surface area contributed by atoms with Gasteiger partial charge in [-0.2, -0.15) is 0 Å². The number of hydrogen-bond acceptors (Lipinski definition) is 9. The average Bonchev–Trinajstić information content (AvgIpc) is 2.77. The van der Waals surface area contributed by atoms with Crippen LogP contribution in [-0.4, -0.2) is 104 Å². The molecule has 10 unspecified atom stereocenters. The molecule has 0 amide bonds. The first kappa shape index (κ1) is 26.9. The van der Waals surface area contributed by atoms with Crippen LogP contribution in [0.1, 0.15) is 27.2 Å². The standard InChI is InChI=1S/C22H42O9/c1-6-17-21(14(8-24)13(7-23)19(29-17)12(2)3)31-22-16(10-26)15(9-25)20(28-5)18(30-22)11-27-4/h12-26H,6-11H2,1-5H3. The lowest BCUT2D eigenvalue weighted by Gasteiger charge is -2.51. The fourth-order valence-electron chi connectivity index (χ4n) is 5.24. The number of rotatable bonds is 11. The van der Waals surface area contributed by atoms with E-state index < -0.39 is 36.4 Å². The van der Waals surface area contributed by atoms with Crippen molar-refractivity contribution in [1.29, 1.82) is 0 Å². The molecule has 31 heavy (non-hydrogen) atoms. The van der Waals surface area contributed by atoms with Crippen LogP contribution >= 0.6 is 0 Å². The molecule has 10 atom stereocenters. The van der Waals surface area contributed by atoms with Crippen LogP contribution in [0.2, 0.25) is 0 Å². The summed E-state index contributed by atoms with van der Waals surface area (Å²) < 4.78 is 29.7. The van der Waals surface area contributed by atoms with Gasteiger partial charge in [0.1, 0.15) is 6.10 Å². The van der Waals surface area contributed by atoms with Crippen LogP contribution in [0.5, 0.6) is 0 Å². The largest absolute Gasteiger partial charge is 0.396 e. The lowest BCUT2D eigenvalue weighted by molar-refractivity contribution is -0.328. The Balaban J connectivity index is 2.32. The Morgan fingerprint density at radius 2 is 1.35 bits per heavy atom. The summed E-state index contributed by atoms with van der Waals surface area (Å²) in [5, 5.41) is 40.4. The molecule has 0 aromatic heterocycles. The van der Waals surface area contributed by atoms with E-state index in [1.54, 1.807) is 7.11 Å². The SMILES string of the molecule is CCC1OC(C(C)C)C(CO)C(CO)C1OC1OC(COC)C(OC)C(CO)C1CO. The Hall–Kier alpha value is -0.360. The maximum Gasteiger partial charge on any atom is 0.164 e. The zero-order valence-electron chi connectivity index (χ0n) is 19.4. The fraction of sp³-hybridized carbons (Fsp3) is 1.00. The Labute approximate surface area is 185 Å². The Morgan fingerprint density at radius 1 is 0.774 bits per heavy atom. The Morgan fingerprint density at radius 3 is 1.81 bits per heavy atom. The highest BCUT2D eigenvalue weighted by Crippen LogP contribution is 2.40. The highest BCUT2D eigenvalue weighted by atomic mass is 16.7. The number of aliphatic hydroxyl groups excluding tert-OH is 4.